The summed E-state index contributed by atoms with van der Waals surface area (Å²) in [5, 5.41) is 17.6. The molecule has 6 heteroatoms. The van der Waals surface area contributed by atoms with Gasteiger partial charge in [0.25, 0.3) is 0 Å². The topological polar surface area (TPSA) is 53.4 Å². The summed E-state index contributed by atoms with van der Waals surface area (Å²) in [5.74, 6) is 0. The van der Waals surface area contributed by atoms with Crippen molar-refractivity contribution in [3.8, 4) is 0 Å². The second-order valence-electron chi connectivity index (χ2n) is 1.90. The summed E-state index contributed by atoms with van der Waals surface area (Å²) in [6, 6.07) is 1.54. The third-order valence-electron chi connectivity index (χ3n) is 1.13. The molecule has 1 aromatic rings. The van der Waals surface area contributed by atoms with Crippen LogP contribution in [0.2, 0.25) is 0 Å². The molecule has 0 aliphatic heterocycles. The van der Waals surface area contributed by atoms with Crippen LogP contribution in [0.3, 0.4) is 0 Å². The summed E-state index contributed by atoms with van der Waals surface area (Å²) in [6.45, 7) is 0. The quantitative estimate of drug-likeness (QED) is 0.574. The van der Waals surface area contributed by atoms with E-state index in [1.807, 2.05) is 0 Å². The van der Waals surface area contributed by atoms with Crippen LogP contribution in [-0.2, 0) is 0 Å². The SMILES string of the molecule is OB(O)c1cc(Br)ncc1Br. The molecule has 2 N–H and O–H groups in total. The zero-order valence-electron chi connectivity index (χ0n) is 5.33. The van der Waals surface area contributed by atoms with Gasteiger partial charge in [-0.2, -0.15) is 0 Å². The summed E-state index contributed by atoms with van der Waals surface area (Å²) in [4.78, 5) is 3.87. The highest BCUT2D eigenvalue weighted by molar-refractivity contribution is 9.11. The summed E-state index contributed by atoms with van der Waals surface area (Å²) < 4.78 is 1.15. The number of rotatable bonds is 1. The number of hydrogen-bond acceptors (Lipinski definition) is 3. The van der Waals surface area contributed by atoms with Crippen molar-refractivity contribution in [1.29, 1.82) is 0 Å². The van der Waals surface area contributed by atoms with Gasteiger partial charge in [0, 0.05) is 16.1 Å². The fraction of sp³-hybridized carbons (Fsp3) is 0. The Morgan fingerprint density at radius 3 is 2.45 bits per heavy atom. The minimum atomic E-state index is -1.47. The minimum absolute atomic E-state index is 0.395. The molecule has 1 aromatic heterocycles. The van der Waals surface area contributed by atoms with E-state index in [-0.39, 0.29) is 0 Å². The molecule has 0 atom stereocenters. The smallest absolute Gasteiger partial charge is 0.423 e. The summed E-state index contributed by atoms with van der Waals surface area (Å²) in [6.07, 6.45) is 1.50. The molecule has 1 rings (SSSR count). The van der Waals surface area contributed by atoms with Gasteiger partial charge in [0.05, 0.1) is 0 Å². The number of pyridine rings is 1. The molecule has 3 nitrogen and oxygen atoms in total. The lowest BCUT2D eigenvalue weighted by atomic mass is 9.81. The van der Waals surface area contributed by atoms with Gasteiger partial charge in [0.2, 0.25) is 0 Å². The highest BCUT2D eigenvalue weighted by atomic mass is 79.9. The van der Waals surface area contributed by atoms with Gasteiger partial charge in [0.1, 0.15) is 4.60 Å². The second kappa shape index (κ2) is 3.66. The first-order valence-electron chi connectivity index (χ1n) is 2.78. The Morgan fingerprint density at radius 1 is 1.36 bits per heavy atom. The average molecular weight is 281 g/mol. The molecule has 0 spiro atoms. The van der Waals surface area contributed by atoms with E-state index < -0.39 is 7.12 Å². The average Bonchev–Trinajstić information content (AvgIpc) is 1.94. The zero-order valence-corrected chi connectivity index (χ0v) is 8.50. The summed E-state index contributed by atoms with van der Waals surface area (Å²) >= 11 is 6.24. The van der Waals surface area contributed by atoms with E-state index in [0.29, 0.717) is 14.5 Å². The molecule has 0 unspecified atom stereocenters. The Labute approximate surface area is 80.9 Å². The molecular weight excluding hydrogens is 277 g/mol. The van der Waals surface area contributed by atoms with Crippen molar-refractivity contribution in [2.45, 2.75) is 0 Å². The van der Waals surface area contributed by atoms with E-state index in [2.05, 4.69) is 36.8 Å². The van der Waals surface area contributed by atoms with Crippen LogP contribution in [0.15, 0.2) is 21.3 Å². The van der Waals surface area contributed by atoms with Gasteiger partial charge >= 0.3 is 7.12 Å². The predicted molar refractivity (Wildman–Crippen MR) is 49.5 cm³/mol. The highest BCUT2D eigenvalue weighted by Gasteiger charge is 2.14. The Morgan fingerprint density at radius 2 is 2.00 bits per heavy atom. The minimum Gasteiger partial charge on any atom is -0.423 e. The van der Waals surface area contributed by atoms with Gasteiger partial charge in [-0.15, -0.1) is 0 Å². The number of halogens is 2. The van der Waals surface area contributed by atoms with Crippen molar-refractivity contribution < 1.29 is 10.0 Å². The predicted octanol–water partition coefficient (Wildman–Crippen LogP) is 0.286. The Balaban J connectivity index is 3.13. The number of nitrogens with zero attached hydrogens (tertiary/aromatic N) is 1. The van der Waals surface area contributed by atoms with Crippen molar-refractivity contribution >= 4 is 44.4 Å². The molecule has 11 heavy (non-hydrogen) atoms. The molecule has 0 aliphatic rings. The normalized spacial score (nSPS) is 9.82. The largest absolute Gasteiger partial charge is 0.489 e. The van der Waals surface area contributed by atoms with Crippen molar-refractivity contribution in [2.75, 3.05) is 0 Å². The van der Waals surface area contributed by atoms with Crippen LogP contribution in [0.5, 0.6) is 0 Å². The third-order valence-corrected chi connectivity index (χ3v) is 2.23. The Hall–Kier alpha value is 0.0949. The van der Waals surface area contributed by atoms with Gasteiger partial charge in [-0.25, -0.2) is 4.98 Å². The molecule has 0 amide bonds. The van der Waals surface area contributed by atoms with Gasteiger partial charge in [-0.3, -0.25) is 0 Å². The monoisotopic (exact) mass is 279 g/mol. The van der Waals surface area contributed by atoms with Crippen LogP contribution in [0.1, 0.15) is 0 Å². The van der Waals surface area contributed by atoms with E-state index >= 15 is 0 Å². The molecule has 0 fully saturated rings. The van der Waals surface area contributed by atoms with Crippen LogP contribution in [0, 0.1) is 0 Å². The highest BCUT2D eigenvalue weighted by Crippen LogP contribution is 2.09. The van der Waals surface area contributed by atoms with E-state index in [9.17, 15) is 0 Å². The molecule has 1 heterocycles. The molecule has 0 bridgehead atoms. The van der Waals surface area contributed by atoms with Gasteiger partial charge < -0.3 is 10.0 Å². The first-order valence-corrected chi connectivity index (χ1v) is 4.37. The van der Waals surface area contributed by atoms with Gasteiger partial charge in [-0.05, 0) is 37.9 Å². The maximum atomic E-state index is 8.81. The molecular formula is C5H4BBr2NO2. The fourth-order valence-corrected chi connectivity index (χ4v) is 1.40. The summed E-state index contributed by atoms with van der Waals surface area (Å²) in [5.41, 5.74) is 0.395. The lowest BCUT2D eigenvalue weighted by Gasteiger charge is -2.01. The van der Waals surface area contributed by atoms with Gasteiger partial charge in [0.15, 0.2) is 0 Å². The Kier molecular flexibility index (Phi) is 3.06. The maximum Gasteiger partial charge on any atom is 0.489 e. The first kappa shape index (κ1) is 9.19. The van der Waals surface area contributed by atoms with Crippen LogP contribution >= 0.6 is 31.9 Å². The molecule has 0 aromatic carbocycles. The third kappa shape index (κ3) is 2.26. The number of aromatic nitrogens is 1. The summed E-state index contributed by atoms with van der Waals surface area (Å²) in [7, 11) is -1.47. The van der Waals surface area contributed by atoms with Crippen molar-refractivity contribution in [3.63, 3.8) is 0 Å². The van der Waals surface area contributed by atoms with E-state index in [1.165, 1.54) is 12.3 Å². The van der Waals surface area contributed by atoms with Crippen molar-refractivity contribution in [3.05, 3.63) is 21.3 Å². The standard InChI is InChI=1S/C5H4BBr2NO2/c7-4-2-9-5(8)1-3(4)6(10)11/h1-2,10-11H. The van der Waals surface area contributed by atoms with Crippen molar-refractivity contribution in [2.24, 2.45) is 0 Å². The van der Waals surface area contributed by atoms with E-state index in [1.54, 1.807) is 0 Å². The molecule has 0 radical (unpaired) electrons. The molecule has 0 saturated carbocycles. The maximum absolute atomic E-state index is 8.81. The van der Waals surface area contributed by atoms with Crippen LogP contribution < -0.4 is 5.46 Å². The molecule has 58 valence electrons. The van der Waals surface area contributed by atoms with Gasteiger partial charge in [-0.1, -0.05) is 0 Å². The van der Waals surface area contributed by atoms with E-state index in [4.69, 9.17) is 10.0 Å². The van der Waals surface area contributed by atoms with Crippen molar-refractivity contribution in [1.82, 2.24) is 4.98 Å². The zero-order chi connectivity index (χ0) is 8.43. The molecule has 0 aliphatic carbocycles. The van der Waals surface area contributed by atoms with Crippen LogP contribution in [-0.4, -0.2) is 22.2 Å². The first-order chi connectivity index (χ1) is 5.11. The van der Waals surface area contributed by atoms with Crippen LogP contribution in [0.25, 0.3) is 0 Å². The fourth-order valence-electron chi connectivity index (χ4n) is 0.625. The second-order valence-corrected chi connectivity index (χ2v) is 3.57. The number of hydrogen-bond donors (Lipinski definition) is 2. The Bertz CT molecular complexity index is 269. The lowest BCUT2D eigenvalue weighted by Crippen LogP contribution is -2.31. The molecule has 0 saturated heterocycles. The lowest BCUT2D eigenvalue weighted by molar-refractivity contribution is 0.425. The van der Waals surface area contributed by atoms with E-state index in [0.717, 1.165) is 0 Å². The van der Waals surface area contributed by atoms with Crippen LogP contribution in [0.4, 0.5) is 0 Å².